The van der Waals surface area contributed by atoms with Gasteiger partial charge in [-0.3, -0.25) is 9.69 Å². The van der Waals surface area contributed by atoms with Gasteiger partial charge in [-0.1, -0.05) is 23.7 Å². The Hall–Kier alpha value is -3.06. The second-order valence-corrected chi connectivity index (χ2v) is 6.75. The number of carbonyl (C=O) groups excluding carboxylic acids is 2. The lowest BCUT2D eigenvalue weighted by Gasteiger charge is -2.18. The van der Waals surface area contributed by atoms with E-state index in [2.05, 4.69) is 10.3 Å². The minimum atomic E-state index is -0.214. The summed E-state index contributed by atoms with van der Waals surface area (Å²) in [6.07, 6.45) is 3.78. The first-order valence-electron chi connectivity index (χ1n) is 8.61. The molecule has 0 unspecified atom stereocenters. The maximum Gasteiger partial charge on any atom is 0.325 e. The zero-order valence-corrected chi connectivity index (χ0v) is 15.3. The van der Waals surface area contributed by atoms with E-state index in [-0.39, 0.29) is 18.5 Å². The van der Waals surface area contributed by atoms with Crippen LogP contribution >= 0.6 is 11.6 Å². The maximum atomic E-state index is 12.6. The van der Waals surface area contributed by atoms with Crippen LogP contribution in [0.4, 0.5) is 10.5 Å². The number of fused-ring (bicyclic) bond motifs is 1. The molecule has 2 aromatic heterocycles. The summed E-state index contributed by atoms with van der Waals surface area (Å²) in [6, 6.07) is 12.7. The summed E-state index contributed by atoms with van der Waals surface area (Å²) in [5.74, 6) is -0.214. The molecule has 1 saturated heterocycles. The van der Waals surface area contributed by atoms with Crippen molar-refractivity contribution in [3.8, 4) is 0 Å². The average molecular weight is 384 g/mol. The third-order valence-electron chi connectivity index (χ3n) is 4.43. The summed E-state index contributed by atoms with van der Waals surface area (Å²) in [6.45, 7) is 1.36. The van der Waals surface area contributed by atoms with Gasteiger partial charge in [0.25, 0.3) is 0 Å². The quantitative estimate of drug-likeness (QED) is 0.736. The number of hydrogen-bond donors (Lipinski definition) is 1. The lowest BCUT2D eigenvalue weighted by atomic mass is 10.3. The van der Waals surface area contributed by atoms with E-state index in [9.17, 15) is 9.59 Å². The first kappa shape index (κ1) is 17.4. The molecule has 0 bridgehead atoms. The predicted molar refractivity (Wildman–Crippen MR) is 103 cm³/mol. The number of nitrogens with one attached hydrogen (secondary N) is 1. The Bertz CT molecular complexity index is 969. The highest BCUT2D eigenvalue weighted by Gasteiger charge is 2.30. The van der Waals surface area contributed by atoms with Crippen LogP contribution in [0.25, 0.3) is 5.65 Å². The number of nitrogens with zero attached hydrogens (tertiary/aromatic N) is 4. The zero-order valence-electron chi connectivity index (χ0n) is 14.5. The van der Waals surface area contributed by atoms with Crippen LogP contribution in [0.15, 0.2) is 54.9 Å². The largest absolute Gasteiger partial charge is 0.349 e. The number of rotatable bonds is 5. The molecule has 0 saturated carbocycles. The van der Waals surface area contributed by atoms with Gasteiger partial charge in [-0.25, -0.2) is 9.78 Å². The molecule has 1 aliphatic rings. The fourth-order valence-electron chi connectivity index (χ4n) is 3.10. The summed E-state index contributed by atoms with van der Waals surface area (Å²) < 4.78 is 1.90. The van der Waals surface area contributed by atoms with Gasteiger partial charge in [0, 0.05) is 36.2 Å². The topological polar surface area (TPSA) is 70.0 Å². The standard InChI is InChI=1S/C19H18ClN5O2/c20-14-4-3-5-16(10-14)25-9-8-24(19(25)27)13-18(26)21-11-15-12-23-7-2-1-6-17(23)22-15/h1-7,10,12H,8-9,11,13H2,(H,21,26). The van der Waals surface area contributed by atoms with E-state index >= 15 is 0 Å². The Balaban J connectivity index is 1.33. The zero-order chi connectivity index (χ0) is 18.8. The molecule has 1 fully saturated rings. The molecule has 7 nitrogen and oxygen atoms in total. The van der Waals surface area contributed by atoms with E-state index in [0.717, 1.165) is 17.0 Å². The van der Waals surface area contributed by atoms with Gasteiger partial charge in [0.15, 0.2) is 0 Å². The van der Waals surface area contributed by atoms with Gasteiger partial charge in [-0.05, 0) is 30.3 Å². The number of halogens is 1. The van der Waals surface area contributed by atoms with E-state index in [1.807, 2.05) is 41.1 Å². The Morgan fingerprint density at radius 3 is 2.89 bits per heavy atom. The molecule has 1 aliphatic heterocycles. The van der Waals surface area contributed by atoms with Crippen LogP contribution in [0.3, 0.4) is 0 Å². The maximum absolute atomic E-state index is 12.6. The van der Waals surface area contributed by atoms with E-state index in [4.69, 9.17) is 11.6 Å². The Labute approximate surface area is 161 Å². The lowest BCUT2D eigenvalue weighted by Crippen LogP contribution is -2.39. The summed E-state index contributed by atoms with van der Waals surface area (Å²) in [7, 11) is 0. The summed E-state index contributed by atoms with van der Waals surface area (Å²) in [5, 5.41) is 3.40. The second kappa shape index (κ2) is 7.28. The molecule has 0 spiro atoms. The number of amides is 3. The van der Waals surface area contributed by atoms with E-state index in [0.29, 0.717) is 24.7 Å². The fraction of sp³-hybridized carbons (Fsp3) is 0.211. The van der Waals surface area contributed by atoms with Gasteiger partial charge in [0.2, 0.25) is 5.91 Å². The molecule has 3 heterocycles. The number of benzene rings is 1. The summed E-state index contributed by atoms with van der Waals surface area (Å²) >= 11 is 6.00. The van der Waals surface area contributed by atoms with E-state index in [1.54, 1.807) is 23.1 Å². The molecule has 3 amide bonds. The van der Waals surface area contributed by atoms with Crippen molar-refractivity contribution in [2.75, 3.05) is 24.5 Å². The molecule has 27 heavy (non-hydrogen) atoms. The number of imidazole rings is 1. The molecular weight excluding hydrogens is 366 g/mol. The third-order valence-corrected chi connectivity index (χ3v) is 4.66. The van der Waals surface area contributed by atoms with Gasteiger partial charge < -0.3 is 14.6 Å². The van der Waals surface area contributed by atoms with Crippen LogP contribution in [-0.2, 0) is 11.3 Å². The molecule has 3 aromatic rings. The molecule has 8 heteroatoms. The van der Waals surface area contributed by atoms with E-state index < -0.39 is 0 Å². The highest BCUT2D eigenvalue weighted by molar-refractivity contribution is 6.30. The van der Waals surface area contributed by atoms with Gasteiger partial charge in [0.1, 0.15) is 12.2 Å². The van der Waals surface area contributed by atoms with Gasteiger partial charge in [0.05, 0.1) is 12.2 Å². The molecule has 1 N–H and O–H groups in total. The Morgan fingerprint density at radius 2 is 2.07 bits per heavy atom. The van der Waals surface area contributed by atoms with E-state index in [1.165, 1.54) is 4.90 Å². The molecule has 0 aliphatic carbocycles. The molecule has 0 atom stereocenters. The summed E-state index contributed by atoms with van der Waals surface area (Å²) in [5.41, 5.74) is 2.33. The predicted octanol–water partition coefficient (Wildman–Crippen LogP) is 2.55. The van der Waals surface area contributed by atoms with Crippen molar-refractivity contribution < 1.29 is 9.59 Å². The van der Waals surface area contributed by atoms with Crippen LogP contribution < -0.4 is 10.2 Å². The number of pyridine rings is 1. The van der Waals surface area contributed by atoms with Crippen molar-refractivity contribution >= 4 is 34.9 Å². The van der Waals surface area contributed by atoms with Gasteiger partial charge in [-0.2, -0.15) is 0 Å². The normalized spacial score (nSPS) is 14.2. The van der Waals surface area contributed by atoms with Crippen molar-refractivity contribution in [1.29, 1.82) is 0 Å². The van der Waals surface area contributed by atoms with Crippen LogP contribution in [0, 0.1) is 0 Å². The van der Waals surface area contributed by atoms with Crippen molar-refractivity contribution in [2.45, 2.75) is 6.54 Å². The number of carbonyl (C=O) groups is 2. The minimum absolute atomic E-state index is 0.0171. The van der Waals surface area contributed by atoms with Crippen LogP contribution in [0.1, 0.15) is 5.69 Å². The monoisotopic (exact) mass is 383 g/mol. The molecule has 138 valence electrons. The smallest absolute Gasteiger partial charge is 0.325 e. The molecular formula is C19H18ClN5O2. The van der Waals surface area contributed by atoms with Gasteiger partial charge in [-0.15, -0.1) is 0 Å². The molecule has 1 aromatic carbocycles. The van der Waals surface area contributed by atoms with Crippen LogP contribution in [-0.4, -0.2) is 45.9 Å². The van der Waals surface area contributed by atoms with Crippen molar-refractivity contribution in [1.82, 2.24) is 19.6 Å². The lowest BCUT2D eigenvalue weighted by molar-refractivity contribution is -0.121. The third kappa shape index (κ3) is 3.73. The number of aromatic nitrogens is 2. The Kier molecular flexibility index (Phi) is 4.68. The average Bonchev–Trinajstić information content (AvgIpc) is 3.23. The first-order valence-corrected chi connectivity index (χ1v) is 8.99. The highest BCUT2D eigenvalue weighted by atomic mass is 35.5. The number of urea groups is 1. The first-order chi connectivity index (χ1) is 13.1. The van der Waals surface area contributed by atoms with Crippen LogP contribution in [0.2, 0.25) is 5.02 Å². The van der Waals surface area contributed by atoms with Crippen LogP contribution in [0.5, 0.6) is 0 Å². The van der Waals surface area contributed by atoms with Crippen molar-refractivity contribution in [2.24, 2.45) is 0 Å². The number of hydrogen-bond acceptors (Lipinski definition) is 3. The second-order valence-electron chi connectivity index (χ2n) is 6.31. The minimum Gasteiger partial charge on any atom is -0.349 e. The van der Waals surface area contributed by atoms with Crippen molar-refractivity contribution in [3.63, 3.8) is 0 Å². The highest BCUT2D eigenvalue weighted by Crippen LogP contribution is 2.23. The number of anilines is 1. The van der Waals surface area contributed by atoms with Crippen molar-refractivity contribution in [3.05, 3.63) is 65.6 Å². The molecule has 0 radical (unpaired) electrons. The molecule has 4 rings (SSSR count). The van der Waals surface area contributed by atoms with Gasteiger partial charge >= 0.3 is 6.03 Å². The fourth-order valence-corrected chi connectivity index (χ4v) is 3.29. The Morgan fingerprint density at radius 1 is 1.19 bits per heavy atom. The summed E-state index contributed by atoms with van der Waals surface area (Å²) in [4.78, 5) is 32.4. The SMILES string of the molecule is O=C(CN1CCN(c2cccc(Cl)c2)C1=O)NCc1cn2ccccc2n1.